The second-order valence-electron chi connectivity index (χ2n) is 2.10. The van der Waals surface area contributed by atoms with Crippen molar-refractivity contribution in [2.45, 2.75) is 13.0 Å². The average molecular weight is 162 g/mol. The summed E-state index contributed by atoms with van der Waals surface area (Å²) in [6, 6.07) is -0.544. The molecular weight excluding hydrogens is 148 g/mol. The normalized spacial score (nSPS) is 12.6. The molecule has 0 spiro atoms. The molecule has 0 aromatic rings. The molecule has 5 nitrogen and oxygen atoms in total. The van der Waals surface area contributed by atoms with Gasteiger partial charge in [0.1, 0.15) is 0 Å². The lowest BCUT2D eigenvalue weighted by atomic mass is 10.4. The Morgan fingerprint density at radius 2 is 2.27 bits per heavy atom. The van der Waals surface area contributed by atoms with Crippen molar-refractivity contribution in [1.29, 1.82) is 0 Å². The van der Waals surface area contributed by atoms with E-state index in [4.69, 9.17) is 10.6 Å². The first-order valence-electron chi connectivity index (χ1n) is 3.34. The summed E-state index contributed by atoms with van der Waals surface area (Å²) in [5, 5.41) is 0. The van der Waals surface area contributed by atoms with Gasteiger partial charge in [-0.3, -0.25) is 9.63 Å². The summed E-state index contributed by atoms with van der Waals surface area (Å²) < 4.78 is 4.68. The van der Waals surface area contributed by atoms with Crippen LogP contribution in [-0.4, -0.2) is 32.3 Å². The van der Waals surface area contributed by atoms with Crippen LogP contribution in [0.1, 0.15) is 6.92 Å². The molecule has 3 N–H and O–H groups in total. The van der Waals surface area contributed by atoms with Crippen molar-refractivity contribution in [1.82, 2.24) is 5.48 Å². The molecule has 1 atom stereocenters. The molecule has 0 heterocycles. The molecule has 5 heteroatoms. The van der Waals surface area contributed by atoms with Crippen molar-refractivity contribution in [2.24, 2.45) is 5.73 Å². The van der Waals surface area contributed by atoms with Gasteiger partial charge in [-0.25, -0.2) is 5.48 Å². The van der Waals surface area contributed by atoms with E-state index in [0.717, 1.165) is 0 Å². The van der Waals surface area contributed by atoms with Crippen LogP contribution in [-0.2, 0) is 14.4 Å². The van der Waals surface area contributed by atoms with Crippen LogP contribution in [0.3, 0.4) is 0 Å². The topological polar surface area (TPSA) is 73.6 Å². The standard InChI is InChI=1S/C6H14N2O3/c1-5(7)6(9)8-11-4-3-10-2/h5H,3-4,7H2,1-2H3,(H,8,9). The molecule has 0 radical (unpaired) electrons. The minimum absolute atomic E-state index is 0.328. The monoisotopic (exact) mass is 162 g/mol. The van der Waals surface area contributed by atoms with Gasteiger partial charge in [0.25, 0.3) is 5.91 Å². The first kappa shape index (κ1) is 10.3. The maximum absolute atomic E-state index is 10.7. The molecule has 0 bridgehead atoms. The van der Waals surface area contributed by atoms with Gasteiger partial charge >= 0.3 is 0 Å². The van der Waals surface area contributed by atoms with Crippen molar-refractivity contribution in [3.05, 3.63) is 0 Å². The summed E-state index contributed by atoms with van der Waals surface area (Å²) in [5.74, 6) is -0.332. The lowest BCUT2D eigenvalue weighted by Crippen LogP contribution is -2.38. The average Bonchev–Trinajstić information content (AvgIpc) is 1.97. The predicted octanol–water partition coefficient (Wildman–Crippen LogP) is -0.972. The molecule has 1 amide bonds. The van der Waals surface area contributed by atoms with Crippen LogP contribution in [0.5, 0.6) is 0 Å². The third-order valence-corrected chi connectivity index (χ3v) is 0.976. The molecule has 0 aromatic carbocycles. The van der Waals surface area contributed by atoms with Gasteiger partial charge in [-0.05, 0) is 6.92 Å². The van der Waals surface area contributed by atoms with E-state index >= 15 is 0 Å². The van der Waals surface area contributed by atoms with Gasteiger partial charge in [0.15, 0.2) is 0 Å². The summed E-state index contributed by atoms with van der Waals surface area (Å²) in [4.78, 5) is 15.4. The highest BCUT2D eigenvalue weighted by Gasteiger charge is 2.05. The quantitative estimate of drug-likeness (QED) is 0.403. The maximum atomic E-state index is 10.7. The van der Waals surface area contributed by atoms with E-state index < -0.39 is 6.04 Å². The minimum Gasteiger partial charge on any atom is -0.382 e. The van der Waals surface area contributed by atoms with Crippen molar-refractivity contribution in [3.8, 4) is 0 Å². The Labute approximate surface area is 65.8 Å². The molecule has 11 heavy (non-hydrogen) atoms. The zero-order chi connectivity index (χ0) is 8.69. The number of carbonyl (C=O) groups excluding carboxylic acids is 1. The Morgan fingerprint density at radius 1 is 1.64 bits per heavy atom. The molecule has 0 saturated heterocycles. The van der Waals surface area contributed by atoms with E-state index in [1.807, 2.05) is 0 Å². The SMILES string of the molecule is COCCONC(=O)C(C)N. The Morgan fingerprint density at radius 3 is 2.73 bits per heavy atom. The molecule has 1 unspecified atom stereocenters. The van der Waals surface area contributed by atoms with Gasteiger partial charge in [0.05, 0.1) is 19.3 Å². The first-order valence-corrected chi connectivity index (χ1v) is 3.34. The van der Waals surface area contributed by atoms with E-state index in [1.54, 1.807) is 14.0 Å². The van der Waals surface area contributed by atoms with E-state index in [2.05, 4.69) is 10.2 Å². The Balaban J connectivity index is 3.18. The number of hydrogen-bond acceptors (Lipinski definition) is 4. The zero-order valence-corrected chi connectivity index (χ0v) is 6.79. The van der Waals surface area contributed by atoms with E-state index in [-0.39, 0.29) is 5.91 Å². The molecule has 0 aliphatic carbocycles. The number of hydrogen-bond donors (Lipinski definition) is 2. The van der Waals surface area contributed by atoms with Gasteiger partial charge in [-0.1, -0.05) is 0 Å². The lowest BCUT2D eigenvalue weighted by Gasteiger charge is -2.06. The van der Waals surface area contributed by atoms with Gasteiger partial charge in [0.2, 0.25) is 0 Å². The molecule has 0 rings (SSSR count). The molecular formula is C6H14N2O3. The molecule has 0 saturated carbocycles. The van der Waals surface area contributed by atoms with Gasteiger partial charge in [-0.2, -0.15) is 0 Å². The van der Waals surface area contributed by atoms with Crippen LogP contribution in [0.4, 0.5) is 0 Å². The van der Waals surface area contributed by atoms with Crippen LogP contribution in [0.2, 0.25) is 0 Å². The molecule has 66 valence electrons. The highest BCUT2D eigenvalue weighted by Crippen LogP contribution is 1.76. The number of nitrogens with one attached hydrogen (secondary N) is 1. The first-order chi connectivity index (χ1) is 5.18. The smallest absolute Gasteiger partial charge is 0.260 e. The Bertz CT molecular complexity index is 116. The van der Waals surface area contributed by atoms with Crippen LogP contribution in [0.25, 0.3) is 0 Å². The summed E-state index contributed by atoms with van der Waals surface area (Å²) in [6.45, 7) is 2.35. The number of rotatable bonds is 5. The number of methoxy groups -OCH3 is 1. The summed E-state index contributed by atoms with van der Waals surface area (Å²) >= 11 is 0. The molecule has 0 aromatic heterocycles. The Kier molecular flexibility index (Phi) is 5.73. The van der Waals surface area contributed by atoms with Crippen molar-refractivity contribution >= 4 is 5.91 Å². The maximum Gasteiger partial charge on any atom is 0.260 e. The predicted molar refractivity (Wildman–Crippen MR) is 39.6 cm³/mol. The van der Waals surface area contributed by atoms with E-state index in [1.165, 1.54) is 0 Å². The molecule has 0 fully saturated rings. The van der Waals surface area contributed by atoms with Gasteiger partial charge in [-0.15, -0.1) is 0 Å². The number of nitrogens with two attached hydrogens (primary N) is 1. The van der Waals surface area contributed by atoms with Crippen molar-refractivity contribution < 1.29 is 14.4 Å². The third-order valence-electron chi connectivity index (χ3n) is 0.976. The summed E-state index contributed by atoms with van der Waals surface area (Å²) in [5.41, 5.74) is 7.40. The second-order valence-corrected chi connectivity index (χ2v) is 2.10. The van der Waals surface area contributed by atoms with E-state index in [9.17, 15) is 4.79 Å². The number of carbonyl (C=O) groups is 1. The van der Waals surface area contributed by atoms with Crippen LogP contribution < -0.4 is 11.2 Å². The second kappa shape index (κ2) is 6.09. The van der Waals surface area contributed by atoms with Crippen molar-refractivity contribution in [2.75, 3.05) is 20.3 Å². The van der Waals surface area contributed by atoms with Crippen LogP contribution in [0.15, 0.2) is 0 Å². The minimum atomic E-state index is -0.544. The summed E-state index contributed by atoms with van der Waals surface area (Å²) in [6.07, 6.45) is 0. The molecule has 0 aliphatic rings. The fraction of sp³-hybridized carbons (Fsp3) is 0.833. The lowest BCUT2D eigenvalue weighted by molar-refractivity contribution is -0.135. The van der Waals surface area contributed by atoms with E-state index in [0.29, 0.717) is 13.2 Å². The van der Waals surface area contributed by atoms with Gasteiger partial charge < -0.3 is 10.5 Å². The fourth-order valence-electron chi connectivity index (χ4n) is 0.340. The zero-order valence-electron chi connectivity index (χ0n) is 6.79. The van der Waals surface area contributed by atoms with Crippen molar-refractivity contribution in [3.63, 3.8) is 0 Å². The number of amides is 1. The number of ether oxygens (including phenoxy) is 1. The highest BCUT2D eigenvalue weighted by atomic mass is 16.7. The Hall–Kier alpha value is -0.650. The largest absolute Gasteiger partial charge is 0.382 e. The summed E-state index contributed by atoms with van der Waals surface area (Å²) in [7, 11) is 1.55. The fourth-order valence-corrected chi connectivity index (χ4v) is 0.340. The molecule has 0 aliphatic heterocycles. The van der Waals surface area contributed by atoms with Crippen LogP contribution >= 0.6 is 0 Å². The van der Waals surface area contributed by atoms with Gasteiger partial charge in [0, 0.05) is 7.11 Å². The third kappa shape index (κ3) is 5.78. The number of hydroxylamine groups is 1. The highest BCUT2D eigenvalue weighted by molar-refractivity contribution is 5.79. The van der Waals surface area contributed by atoms with Crippen LogP contribution in [0, 0.1) is 0 Å².